The highest BCUT2D eigenvalue weighted by Gasteiger charge is 2.31. The van der Waals surface area contributed by atoms with Gasteiger partial charge in [-0.1, -0.05) is 6.42 Å². The Hall–Kier alpha value is -0.650. The number of aliphatic hydroxyl groups excluding tert-OH is 1. The van der Waals surface area contributed by atoms with Crippen LogP contribution in [0.1, 0.15) is 32.1 Å². The first kappa shape index (κ1) is 13.8. The van der Waals surface area contributed by atoms with Crippen LogP contribution in [0.3, 0.4) is 0 Å². The number of carbonyl (C=O) groups excluding carboxylic acids is 1. The highest BCUT2D eigenvalue weighted by atomic mass is 16.5. The predicted octanol–water partition coefficient (Wildman–Crippen LogP) is 0.0175. The number of amides is 1. The molecule has 0 bridgehead atoms. The second kappa shape index (κ2) is 6.50. The Morgan fingerprint density at radius 2 is 2.06 bits per heavy atom. The van der Waals surface area contributed by atoms with E-state index in [0.29, 0.717) is 24.9 Å². The van der Waals surface area contributed by atoms with Crippen molar-refractivity contribution in [3.63, 3.8) is 0 Å². The predicted molar refractivity (Wildman–Crippen MR) is 67.9 cm³/mol. The van der Waals surface area contributed by atoms with Gasteiger partial charge in [0.25, 0.3) is 0 Å². The number of carbonyl (C=O) groups is 1. The Kier molecular flexibility index (Phi) is 4.97. The molecule has 1 heterocycles. The summed E-state index contributed by atoms with van der Waals surface area (Å²) in [7, 11) is 0. The maximum atomic E-state index is 11.9. The minimum Gasteiger partial charge on any atom is -0.396 e. The fourth-order valence-electron chi connectivity index (χ4n) is 3.04. The molecule has 0 aromatic heterocycles. The molecule has 2 rings (SSSR count). The van der Waals surface area contributed by atoms with Crippen molar-refractivity contribution in [1.29, 1.82) is 0 Å². The van der Waals surface area contributed by atoms with E-state index in [1.165, 1.54) is 0 Å². The van der Waals surface area contributed by atoms with Crippen LogP contribution in [0.2, 0.25) is 0 Å². The highest BCUT2D eigenvalue weighted by molar-refractivity contribution is 5.81. The second-order valence-corrected chi connectivity index (χ2v) is 5.44. The molecule has 1 aliphatic heterocycles. The van der Waals surface area contributed by atoms with Crippen LogP contribution < -0.4 is 11.1 Å². The molecule has 104 valence electrons. The molecule has 2 fully saturated rings. The van der Waals surface area contributed by atoms with Crippen molar-refractivity contribution in [1.82, 2.24) is 5.32 Å². The number of hydrogen-bond acceptors (Lipinski definition) is 4. The van der Waals surface area contributed by atoms with Crippen LogP contribution >= 0.6 is 0 Å². The minimum absolute atomic E-state index is 0.0189. The molecule has 5 nitrogen and oxygen atoms in total. The zero-order valence-electron chi connectivity index (χ0n) is 10.8. The maximum Gasteiger partial charge on any atom is 0.249 e. The first-order chi connectivity index (χ1) is 8.74. The smallest absolute Gasteiger partial charge is 0.249 e. The molecule has 0 aromatic carbocycles. The number of ether oxygens (including phenoxy) is 1. The summed E-state index contributed by atoms with van der Waals surface area (Å²) in [6, 6.07) is 0. The third kappa shape index (κ3) is 3.22. The van der Waals surface area contributed by atoms with Crippen LogP contribution in [-0.4, -0.2) is 42.9 Å². The van der Waals surface area contributed by atoms with Crippen LogP contribution in [0.25, 0.3) is 0 Å². The van der Waals surface area contributed by atoms with Gasteiger partial charge >= 0.3 is 0 Å². The van der Waals surface area contributed by atoms with Crippen molar-refractivity contribution in [3.05, 3.63) is 0 Å². The molecule has 4 unspecified atom stereocenters. The van der Waals surface area contributed by atoms with Gasteiger partial charge in [0, 0.05) is 19.7 Å². The summed E-state index contributed by atoms with van der Waals surface area (Å²) in [5.74, 6) is 0.756. The lowest BCUT2D eigenvalue weighted by atomic mass is 9.97. The number of nitrogens with two attached hydrogens (primary N) is 1. The van der Waals surface area contributed by atoms with Crippen LogP contribution in [-0.2, 0) is 9.53 Å². The normalized spacial score (nSPS) is 35.9. The summed E-state index contributed by atoms with van der Waals surface area (Å²) in [5.41, 5.74) is 5.52. The fourth-order valence-corrected chi connectivity index (χ4v) is 3.04. The fraction of sp³-hybridized carbons (Fsp3) is 0.923. The summed E-state index contributed by atoms with van der Waals surface area (Å²) in [5, 5.41) is 12.2. The Labute approximate surface area is 108 Å². The molecule has 1 amide bonds. The number of hydrogen-bond donors (Lipinski definition) is 3. The lowest BCUT2D eigenvalue weighted by Crippen LogP contribution is -2.39. The molecule has 1 saturated carbocycles. The molecule has 5 heteroatoms. The van der Waals surface area contributed by atoms with Gasteiger partial charge in [0.1, 0.15) is 6.10 Å². The molecule has 1 saturated heterocycles. The van der Waals surface area contributed by atoms with Crippen molar-refractivity contribution in [2.75, 3.05) is 19.7 Å². The molecular weight excluding hydrogens is 232 g/mol. The van der Waals surface area contributed by atoms with Crippen molar-refractivity contribution in [2.24, 2.45) is 17.6 Å². The maximum absolute atomic E-state index is 11.9. The zero-order chi connectivity index (χ0) is 13.0. The van der Waals surface area contributed by atoms with E-state index >= 15 is 0 Å². The summed E-state index contributed by atoms with van der Waals surface area (Å²) in [6.07, 6.45) is 4.68. The van der Waals surface area contributed by atoms with Gasteiger partial charge in [-0.3, -0.25) is 4.79 Å². The molecular formula is C13H24N2O3. The van der Waals surface area contributed by atoms with Crippen molar-refractivity contribution in [3.8, 4) is 0 Å². The van der Waals surface area contributed by atoms with Gasteiger partial charge in [-0.15, -0.1) is 0 Å². The van der Waals surface area contributed by atoms with E-state index in [1.807, 2.05) is 0 Å². The van der Waals surface area contributed by atoms with E-state index in [-0.39, 0.29) is 24.7 Å². The Morgan fingerprint density at radius 1 is 1.28 bits per heavy atom. The molecule has 1 aliphatic carbocycles. The van der Waals surface area contributed by atoms with E-state index in [0.717, 1.165) is 32.1 Å². The molecule has 4 atom stereocenters. The Morgan fingerprint density at radius 3 is 2.72 bits per heavy atom. The van der Waals surface area contributed by atoms with Gasteiger partial charge < -0.3 is 20.9 Å². The number of nitrogens with one attached hydrogen (secondary N) is 1. The average molecular weight is 256 g/mol. The van der Waals surface area contributed by atoms with E-state index in [2.05, 4.69) is 5.32 Å². The largest absolute Gasteiger partial charge is 0.396 e. The minimum atomic E-state index is -0.326. The van der Waals surface area contributed by atoms with E-state index in [9.17, 15) is 9.90 Å². The molecule has 0 aromatic rings. The lowest BCUT2D eigenvalue weighted by molar-refractivity contribution is -0.132. The first-order valence-corrected chi connectivity index (χ1v) is 6.98. The van der Waals surface area contributed by atoms with Crippen LogP contribution in [0.4, 0.5) is 0 Å². The Balaban J connectivity index is 1.72. The van der Waals surface area contributed by atoms with Gasteiger partial charge in [0.2, 0.25) is 5.91 Å². The quantitative estimate of drug-likeness (QED) is 0.647. The Bertz CT molecular complexity index is 285. The van der Waals surface area contributed by atoms with Crippen molar-refractivity contribution >= 4 is 5.91 Å². The standard InChI is InChI=1S/C13H24N2O3/c14-6-11-4-5-12(18-11)13(17)15-7-9-2-1-3-10(9)8-16/h9-12,16H,1-8,14H2,(H,15,17). The number of rotatable bonds is 5. The van der Waals surface area contributed by atoms with Crippen molar-refractivity contribution < 1.29 is 14.6 Å². The van der Waals surface area contributed by atoms with Crippen LogP contribution in [0.15, 0.2) is 0 Å². The topological polar surface area (TPSA) is 84.6 Å². The summed E-state index contributed by atoms with van der Waals surface area (Å²) >= 11 is 0. The van der Waals surface area contributed by atoms with Gasteiger partial charge in [-0.2, -0.15) is 0 Å². The van der Waals surface area contributed by atoms with E-state index in [4.69, 9.17) is 10.5 Å². The summed E-state index contributed by atoms with van der Waals surface area (Å²) in [6.45, 7) is 1.38. The highest BCUT2D eigenvalue weighted by Crippen LogP contribution is 2.30. The van der Waals surface area contributed by atoms with E-state index < -0.39 is 0 Å². The monoisotopic (exact) mass is 256 g/mol. The molecule has 2 aliphatic rings. The molecule has 0 radical (unpaired) electrons. The zero-order valence-corrected chi connectivity index (χ0v) is 10.8. The number of aliphatic hydroxyl groups is 1. The van der Waals surface area contributed by atoms with Gasteiger partial charge in [-0.05, 0) is 37.5 Å². The van der Waals surface area contributed by atoms with Gasteiger partial charge in [0.15, 0.2) is 0 Å². The van der Waals surface area contributed by atoms with Crippen LogP contribution in [0.5, 0.6) is 0 Å². The average Bonchev–Trinajstić information content (AvgIpc) is 3.04. The van der Waals surface area contributed by atoms with Crippen LogP contribution in [0, 0.1) is 11.8 Å². The van der Waals surface area contributed by atoms with E-state index in [1.54, 1.807) is 0 Å². The summed E-state index contributed by atoms with van der Waals surface area (Å²) < 4.78 is 5.55. The molecule has 18 heavy (non-hydrogen) atoms. The molecule has 4 N–H and O–H groups in total. The third-order valence-electron chi connectivity index (χ3n) is 4.25. The third-order valence-corrected chi connectivity index (χ3v) is 4.25. The SMILES string of the molecule is NCC1CCC(C(=O)NCC2CCCC2CO)O1. The first-order valence-electron chi connectivity index (χ1n) is 6.98. The summed E-state index contributed by atoms with van der Waals surface area (Å²) in [4.78, 5) is 11.9. The van der Waals surface area contributed by atoms with Gasteiger partial charge in [0.05, 0.1) is 6.10 Å². The lowest BCUT2D eigenvalue weighted by Gasteiger charge is -2.19. The van der Waals surface area contributed by atoms with Gasteiger partial charge in [-0.25, -0.2) is 0 Å². The second-order valence-electron chi connectivity index (χ2n) is 5.44. The van der Waals surface area contributed by atoms with Crippen molar-refractivity contribution in [2.45, 2.75) is 44.3 Å². The molecule has 0 spiro atoms.